The van der Waals surface area contributed by atoms with E-state index in [0.717, 1.165) is 5.56 Å². The Morgan fingerprint density at radius 2 is 1.66 bits per heavy atom. The summed E-state index contributed by atoms with van der Waals surface area (Å²) in [5, 5.41) is 14.8. The van der Waals surface area contributed by atoms with Gasteiger partial charge in [-0.3, -0.25) is 9.59 Å². The number of nitrogens with one attached hydrogen (secondary N) is 2. The average Bonchev–Trinajstić information content (AvgIpc) is 2.75. The highest BCUT2D eigenvalue weighted by atomic mass is 19.1. The molecule has 2 aromatic carbocycles. The van der Waals surface area contributed by atoms with Crippen LogP contribution in [0.15, 0.2) is 48.5 Å². The first-order valence-electron chi connectivity index (χ1n) is 9.88. The van der Waals surface area contributed by atoms with Crippen LogP contribution in [-0.2, 0) is 16.0 Å². The van der Waals surface area contributed by atoms with E-state index in [2.05, 4.69) is 16.7 Å². The van der Waals surface area contributed by atoms with Crippen molar-refractivity contribution in [3.63, 3.8) is 0 Å². The van der Waals surface area contributed by atoms with Gasteiger partial charge in [-0.15, -0.1) is 0 Å². The van der Waals surface area contributed by atoms with E-state index in [0.29, 0.717) is 49.9 Å². The number of hydrogen-bond acceptors (Lipinski definition) is 3. The molecule has 1 aliphatic rings. The monoisotopic (exact) mass is 393 g/mol. The molecule has 1 saturated carbocycles. The molecule has 3 rings (SSSR count). The third kappa shape index (κ3) is 5.89. The van der Waals surface area contributed by atoms with Crippen molar-refractivity contribution in [3.8, 4) is 6.07 Å². The van der Waals surface area contributed by atoms with Gasteiger partial charge in [-0.25, -0.2) is 4.39 Å². The third-order valence-corrected chi connectivity index (χ3v) is 5.35. The van der Waals surface area contributed by atoms with E-state index < -0.39 is 0 Å². The maximum Gasteiger partial charge on any atom is 0.227 e. The first kappa shape index (κ1) is 20.5. The zero-order valence-corrected chi connectivity index (χ0v) is 16.2. The van der Waals surface area contributed by atoms with Crippen molar-refractivity contribution in [1.29, 1.82) is 5.26 Å². The normalized spacial score (nSPS) is 18.5. The van der Waals surface area contributed by atoms with Crippen molar-refractivity contribution in [3.05, 3.63) is 65.5 Å². The summed E-state index contributed by atoms with van der Waals surface area (Å²) in [6.45, 7) is 0.514. The van der Waals surface area contributed by atoms with Gasteiger partial charge in [-0.2, -0.15) is 5.26 Å². The van der Waals surface area contributed by atoms with Gasteiger partial charge in [0.05, 0.1) is 11.6 Å². The number of halogens is 1. The summed E-state index contributed by atoms with van der Waals surface area (Å²) >= 11 is 0. The minimum Gasteiger partial charge on any atom is -0.356 e. The Morgan fingerprint density at radius 1 is 1.00 bits per heavy atom. The van der Waals surface area contributed by atoms with E-state index in [1.54, 1.807) is 36.4 Å². The zero-order valence-electron chi connectivity index (χ0n) is 16.2. The van der Waals surface area contributed by atoms with Gasteiger partial charge in [-0.05, 0) is 68.0 Å². The summed E-state index contributed by atoms with van der Waals surface area (Å²) in [4.78, 5) is 24.9. The first-order valence-corrected chi connectivity index (χ1v) is 9.88. The molecule has 2 aromatic rings. The summed E-state index contributed by atoms with van der Waals surface area (Å²) in [6.07, 6.45) is 3.35. The molecule has 0 heterocycles. The van der Waals surface area contributed by atoms with Crippen molar-refractivity contribution in [2.45, 2.75) is 32.1 Å². The van der Waals surface area contributed by atoms with Crippen molar-refractivity contribution in [1.82, 2.24) is 5.32 Å². The summed E-state index contributed by atoms with van der Waals surface area (Å²) in [6, 6.07) is 15.2. The van der Waals surface area contributed by atoms with Crippen LogP contribution >= 0.6 is 0 Å². The molecule has 29 heavy (non-hydrogen) atoms. The molecule has 150 valence electrons. The second-order valence-corrected chi connectivity index (χ2v) is 7.40. The van der Waals surface area contributed by atoms with Crippen LogP contribution in [0.3, 0.4) is 0 Å². The quantitative estimate of drug-likeness (QED) is 0.783. The van der Waals surface area contributed by atoms with Crippen LogP contribution in [0.4, 0.5) is 10.1 Å². The van der Waals surface area contributed by atoms with E-state index >= 15 is 0 Å². The fraction of sp³-hybridized carbons (Fsp3) is 0.348. The lowest BCUT2D eigenvalue weighted by molar-refractivity contribution is -0.128. The molecule has 6 heteroatoms. The molecule has 0 spiro atoms. The maximum atomic E-state index is 12.9. The minimum absolute atomic E-state index is 0.0210. The van der Waals surface area contributed by atoms with Crippen LogP contribution < -0.4 is 10.6 Å². The Bertz CT molecular complexity index is 897. The highest BCUT2D eigenvalue weighted by Gasteiger charge is 2.29. The molecule has 0 aliphatic heterocycles. The number of nitrogens with zero attached hydrogens (tertiary/aromatic N) is 1. The van der Waals surface area contributed by atoms with E-state index in [4.69, 9.17) is 5.26 Å². The van der Waals surface area contributed by atoms with Gasteiger partial charge in [0.25, 0.3) is 0 Å². The molecule has 1 aliphatic carbocycles. The number of benzene rings is 2. The Balaban J connectivity index is 1.41. The molecule has 1 fully saturated rings. The SMILES string of the molecule is N#Cc1cccc(NC(=O)C2CCC(C(=O)NCCc3ccc(F)cc3)CC2)c1. The van der Waals surface area contributed by atoms with Crippen LogP contribution in [-0.4, -0.2) is 18.4 Å². The van der Waals surface area contributed by atoms with Gasteiger partial charge in [0.2, 0.25) is 11.8 Å². The summed E-state index contributed by atoms with van der Waals surface area (Å²) in [7, 11) is 0. The summed E-state index contributed by atoms with van der Waals surface area (Å²) in [5.41, 5.74) is 2.10. The van der Waals surface area contributed by atoms with Gasteiger partial charge >= 0.3 is 0 Å². The fourth-order valence-electron chi connectivity index (χ4n) is 3.65. The minimum atomic E-state index is -0.267. The largest absolute Gasteiger partial charge is 0.356 e. The topological polar surface area (TPSA) is 82.0 Å². The predicted molar refractivity (Wildman–Crippen MR) is 108 cm³/mol. The van der Waals surface area contributed by atoms with Crippen molar-refractivity contribution >= 4 is 17.5 Å². The second kappa shape index (κ2) is 9.83. The number of amides is 2. The standard InChI is InChI=1S/C23H24FN3O2/c24-20-10-4-16(5-11-20)12-13-26-22(28)18-6-8-19(9-7-18)23(29)27-21-3-1-2-17(14-21)15-25/h1-5,10-11,14,18-19H,6-9,12-13H2,(H,26,28)(H,27,29). The number of carbonyl (C=O) groups is 2. The van der Waals surface area contributed by atoms with Crippen molar-refractivity contribution < 1.29 is 14.0 Å². The highest BCUT2D eigenvalue weighted by Crippen LogP contribution is 2.30. The van der Waals surface area contributed by atoms with E-state index in [1.165, 1.54) is 12.1 Å². The number of anilines is 1. The molecule has 0 saturated heterocycles. The second-order valence-electron chi connectivity index (χ2n) is 7.40. The number of nitriles is 1. The maximum absolute atomic E-state index is 12.9. The molecule has 5 nitrogen and oxygen atoms in total. The number of rotatable bonds is 6. The van der Waals surface area contributed by atoms with Crippen LogP contribution in [0.5, 0.6) is 0 Å². The van der Waals surface area contributed by atoms with E-state index in [-0.39, 0.29) is 29.5 Å². The molecule has 0 radical (unpaired) electrons. The molecule has 0 atom stereocenters. The smallest absolute Gasteiger partial charge is 0.227 e. The predicted octanol–water partition coefficient (Wildman–Crippen LogP) is 3.80. The van der Waals surface area contributed by atoms with Gasteiger partial charge in [-0.1, -0.05) is 18.2 Å². The first-order chi connectivity index (χ1) is 14.0. The molecule has 0 bridgehead atoms. The zero-order chi connectivity index (χ0) is 20.6. The summed E-state index contributed by atoms with van der Waals surface area (Å²) in [5.74, 6) is -0.502. The number of hydrogen-bond donors (Lipinski definition) is 2. The van der Waals surface area contributed by atoms with Crippen LogP contribution in [0.2, 0.25) is 0 Å². The molecule has 0 aromatic heterocycles. The fourth-order valence-corrected chi connectivity index (χ4v) is 3.65. The average molecular weight is 393 g/mol. The van der Waals surface area contributed by atoms with E-state index in [1.807, 2.05) is 0 Å². The Morgan fingerprint density at radius 3 is 2.31 bits per heavy atom. The van der Waals surface area contributed by atoms with Gasteiger partial charge in [0.1, 0.15) is 5.82 Å². The van der Waals surface area contributed by atoms with Gasteiger partial charge in [0, 0.05) is 24.1 Å². The van der Waals surface area contributed by atoms with Crippen molar-refractivity contribution in [2.24, 2.45) is 11.8 Å². The Labute approximate surface area is 169 Å². The van der Waals surface area contributed by atoms with Crippen molar-refractivity contribution in [2.75, 3.05) is 11.9 Å². The summed E-state index contributed by atoms with van der Waals surface area (Å²) < 4.78 is 12.9. The lowest BCUT2D eigenvalue weighted by Crippen LogP contribution is -2.36. The van der Waals surface area contributed by atoms with E-state index in [9.17, 15) is 14.0 Å². The van der Waals surface area contributed by atoms with Crippen LogP contribution in [0.1, 0.15) is 36.8 Å². The Hall–Kier alpha value is -3.20. The van der Waals surface area contributed by atoms with Gasteiger partial charge < -0.3 is 10.6 Å². The molecule has 2 amide bonds. The van der Waals surface area contributed by atoms with Crippen LogP contribution in [0.25, 0.3) is 0 Å². The lowest BCUT2D eigenvalue weighted by Gasteiger charge is -2.27. The Kier molecular flexibility index (Phi) is 6.96. The molecular formula is C23H24FN3O2. The molecular weight excluding hydrogens is 369 g/mol. The van der Waals surface area contributed by atoms with Crippen LogP contribution in [0, 0.1) is 29.0 Å². The third-order valence-electron chi connectivity index (χ3n) is 5.35. The number of carbonyl (C=O) groups excluding carboxylic acids is 2. The lowest BCUT2D eigenvalue weighted by atomic mass is 9.81. The van der Waals surface area contributed by atoms with Gasteiger partial charge in [0.15, 0.2) is 0 Å². The molecule has 0 unspecified atom stereocenters. The highest BCUT2D eigenvalue weighted by molar-refractivity contribution is 5.93. The molecule has 2 N–H and O–H groups in total.